The van der Waals surface area contributed by atoms with Gasteiger partial charge in [-0.15, -0.1) is 0 Å². The Kier molecular flexibility index (Phi) is 5.89. The number of benzene rings is 3. The first kappa shape index (κ1) is 20.4. The van der Waals surface area contributed by atoms with Gasteiger partial charge in [0.05, 0.1) is 23.3 Å². The number of anilines is 2. The first-order valence-electron chi connectivity index (χ1n) is 8.94. The summed E-state index contributed by atoms with van der Waals surface area (Å²) in [6.45, 7) is 3.74. The summed E-state index contributed by atoms with van der Waals surface area (Å²) >= 11 is 0. The van der Waals surface area contributed by atoms with Crippen molar-refractivity contribution in [3.63, 3.8) is 0 Å². The number of hydrogen-bond acceptors (Lipinski definition) is 4. The molecule has 0 aliphatic rings. The van der Waals surface area contributed by atoms with Gasteiger partial charge in [0, 0.05) is 5.69 Å². The van der Waals surface area contributed by atoms with Crippen molar-refractivity contribution in [3.8, 4) is 5.75 Å². The van der Waals surface area contributed by atoms with E-state index in [2.05, 4.69) is 10.0 Å². The van der Waals surface area contributed by atoms with E-state index in [1.54, 1.807) is 42.5 Å². The third kappa shape index (κ3) is 4.75. The number of amides is 1. The Morgan fingerprint density at radius 2 is 1.62 bits per heavy atom. The first-order chi connectivity index (χ1) is 13.8. The molecule has 1 amide bonds. The lowest BCUT2D eigenvalue weighted by atomic mass is 10.1. The van der Waals surface area contributed by atoms with E-state index in [0.29, 0.717) is 22.7 Å². The summed E-state index contributed by atoms with van der Waals surface area (Å²) in [7, 11) is -2.25. The molecule has 2 N–H and O–H groups in total. The average molecular weight is 410 g/mol. The molecule has 0 saturated carbocycles. The van der Waals surface area contributed by atoms with Crippen LogP contribution in [0.5, 0.6) is 5.75 Å². The molecule has 0 atom stereocenters. The Morgan fingerprint density at radius 1 is 0.931 bits per heavy atom. The van der Waals surface area contributed by atoms with E-state index < -0.39 is 10.0 Å². The second kappa shape index (κ2) is 8.36. The van der Waals surface area contributed by atoms with E-state index in [0.717, 1.165) is 11.1 Å². The molecule has 0 aromatic heterocycles. The lowest BCUT2D eigenvalue weighted by Gasteiger charge is -2.12. The number of rotatable bonds is 6. The molecule has 0 radical (unpaired) electrons. The Morgan fingerprint density at radius 3 is 2.31 bits per heavy atom. The van der Waals surface area contributed by atoms with Crippen molar-refractivity contribution in [2.24, 2.45) is 0 Å². The Hall–Kier alpha value is -3.32. The van der Waals surface area contributed by atoms with Gasteiger partial charge < -0.3 is 10.1 Å². The van der Waals surface area contributed by atoms with E-state index in [4.69, 9.17) is 4.74 Å². The van der Waals surface area contributed by atoms with E-state index in [1.165, 1.54) is 19.2 Å². The van der Waals surface area contributed by atoms with Crippen LogP contribution in [0.15, 0.2) is 71.6 Å². The molecule has 0 saturated heterocycles. The summed E-state index contributed by atoms with van der Waals surface area (Å²) in [6.07, 6.45) is 0. The molecule has 29 heavy (non-hydrogen) atoms. The maximum Gasteiger partial charge on any atom is 0.261 e. The molecule has 3 aromatic carbocycles. The number of methoxy groups -OCH3 is 1. The van der Waals surface area contributed by atoms with Crippen LogP contribution in [0, 0.1) is 13.8 Å². The van der Waals surface area contributed by atoms with Crippen molar-refractivity contribution >= 4 is 27.3 Å². The van der Waals surface area contributed by atoms with Crippen LogP contribution in [0.3, 0.4) is 0 Å². The fraction of sp³-hybridized carbons (Fsp3) is 0.136. The highest BCUT2D eigenvalue weighted by Gasteiger charge is 2.16. The first-order valence-corrected chi connectivity index (χ1v) is 10.4. The van der Waals surface area contributed by atoms with Crippen molar-refractivity contribution in [2.45, 2.75) is 18.7 Å². The topological polar surface area (TPSA) is 84.5 Å². The molecule has 7 heteroatoms. The zero-order chi connectivity index (χ0) is 21.0. The van der Waals surface area contributed by atoms with Gasteiger partial charge in [-0.05, 0) is 67.4 Å². The zero-order valence-corrected chi connectivity index (χ0v) is 17.2. The molecular formula is C22H22N2O4S. The average Bonchev–Trinajstić information content (AvgIpc) is 2.71. The van der Waals surface area contributed by atoms with Gasteiger partial charge in [-0.3, -0.25) is 9.52 Å². The normalized spacial score (nSPS) is 11.0. The minimum atomic E-state index is -3.74. The number of carbonyl (C=O) groups excluding carboxylic acids is 1. The lowest BCUT2D eigenvalue weighted by molar-refractivity contribution is 0.102. The minimum Gasteiger partial charge on any atom is -0.496 e. The summed E-state index contributed by atoms with van der Waals surface area (Å²) in [6, 6.07) is 18.4. The van der Waals surface area contributed by atoms with Crippen LogP contribution >= 0.6 is 0 Å². The van der Waals surface area contributed by atoms with Crippen molar-refractivity contribution in [1.29, 1.82) is 0 Å². The molecule has 0 heterocycles. The number of nitrogens with one attached hydrogen (secondary N) is 2. The maximum absolute atomic E-state index is 12.7. The fourth-order valence-corrected chi connectivity index (χ4v) is 3.92. The number of para-hydroxylation sites is 1. The molecule has 3 aromatic rings. The second-order valence-electron chi connectivity index (χ2n) is 6.60. The van der Waals surface area contributed by atoms with Gasteiger partial charge >= 0.3 is 0 Å². The van der Waals surface area contributed by atoms with E-state index in [-0.39, 0.29) is 10.8 Å². The number of hydrogen-bond donors (Lipinski definition) is 2. The number of carbonyl (C=O) groups is 1. The molecule has 0 spiro atoms. The largest absolute Gasteiger partial charge is 0.496 e. The Labute approximate surface area is 170 Å². The molecular weight excluding hydrogens is 388 g/mol. The van der Waals surface area contributed by atoms with Crippen LogP contribution in [-0.4, -0.2) is 21.4 Å². The van der Waals surface area contributed by atoms with Crippen molar-refractivity contribution in [2.75, 3.05) is 17.1 Å². The van der Waals surface area contributed by atoms with Crippen LogP contribution in [0.2, 0.25) is 0 Å². The van der Waals surface area contributed by atoms with Gasteiger partial charge in [0.2, 0.25) is 0 Å². The molecule has 6 nitrogen and oxygen atoms in total. The quantitative estimate of drug-likeness (QED) is 0.632. The predicted octanol–water partition coefficient (Wildman–Crippen LogP) is 4.37. The van der Waals surface area contributed by atoms with Crippen molar-refractivity contribution in [3.05, 3.63) is 83.4 Å². The highest BCUT2D eigenvalue weighted by Crippen LogP contribution is 2.23. The van der Waals surface area contributed by atoms with Gasteiger partial charge in [-0.2, -0.15) is 0 Å². The molecule has 3 rings (SSSR count). The summed E-state index contributed by atoms with van der Waals surface area (Å²) in [4.78, 5) is 12.6. The smallest absolute Gasteiger partial charge is 0.261 e. The molecule has 0 bridgehead atoms. The highest BCUT2D eigenvalue weighted by molar-refractivity contribution is 7.92. The van der Waals surface area contributed by atoms with E-state index in [9.17, 15) is 13.2 Å². The van der Waals surface area contributed by atoms with Gasteiger partial charge in [0.25, 0.3) is 15.9 Å². The summed E-state index contributed by atoms with van der Waals surface area (Å²) in [5.74, 6) is 0.119. The molecule has 0 aliphatic carbocycles. The minimum absolute atomic E-state index is 0.105. The third-order valence-corrected chi connectivity index (χ3v) is 5.79. The van der Waals surface area contributed by atoms with Gasteiger partial charge in [-0.25, -0.2) is 8.42 Å². The second-order valence-corrected chi connectivity index (χ2v) is 8.29. The molecule has 0 unspecified atom stereocenters. The van der Waals surface area contributed by atoms with E-state index in [1.807, 2.05) is 26.0 Å². The molecule has 0 aliphatic heterocycles. The summed E-state index contributed by atoms with van der Waals surface area (Å²) in [5.41, 5.74) is 3.20. The summed E-state index contributed by atoms with van der Waals surface area (Å²) < 4.78 is 33.2. The Bertz CT molecular complexity index is 1140. The number of ether oxygens (including phenoxy) is 1. The van der Waals surface area contributed by atoms with Crippen LogP contribution < -0.4 is 14.8 Å². The monoisotopic (exact) mass is 410 g/mol. The van der Waals surface area contributed by atoms with Crippen molar-refractivity contribution in [1.82, 2.24) is 0 Å². The SMILES string of the molecule is COc1ccccc1C(=O)Nc1ccc(S(=O)(=O)Nc2cc(C)ccc2C)cc1. The van der Waals surface area contributed by atoms with Crippen LogP contribution in [0.1, 0.15) is 21.5 Å². The third-order valence-electron chi connectivity index (χ3n) is 4.41. The lowest BCUT2D eigenvalue weighted by Crippen LogP contribution is -2.15. The maximum atomic E-state index is 12.7. The van der Waals surface area contributed by atoms with Crippen LogP contribution in [0.25, 0.3) is 0 Å². The summed E-state index contributed by atoms with van der Waals surface area (Å²) in [5, 5.41) is 2.74. The predicted molar refractivity (Wildman–Crippen MR) is 114 cm³/mol. The standard InChI is InChI=1S/C22H22N2O4S/c1-15-8-9-16(2)20(14-15)24-29(26,27)18-12-10-17(11-13-18)23-22(25)19-6-4-5-7-21(19)28-3/h4-14,24H,1-3H3,(H,23,25). The van der Waals surface area contributed by atoms with E-state index >= 15 is 0 Å². The number of aryl methyl sites for hydroxylation is 2. The molecule has 150 valence electrons. The number of sulfonamides is 1. The van der Waals surface area contributed by atoms with Crippen LogP contribution in [0.4, 0.5) is 11.4 Å². The zero-order valence-electron chi connectivity index (χ0n) is 16.4. The fourth-order valence-electron chi connectivity index (χ4n) is 2.80. The van der Waals surface area contributed by atoms with Crippen molar-refractivity contribution < 1.29 is 17.9 Å². The highest BCUT2D eigenvalue weighted by atomic mass is 32.2. The van der Waals surface area contributed by atoms with Gasteiger partial charge in [0.15, 0.2) is 0 Å². The Balaban J connectivity index is 1.77. The molecule has 0 fully saturated rings. The van der Waals surface area contributed by atoms with Crippen LogP contribution in [-0.2, 0) is 10.0 Å². The van der Waals surface area contributed by atoms with Gasteiger partial charge in [0.1, 0.15) is 5.75 Å². The van der Waals surface area contributed by atoms with Gasteiger partial charge in [-0.1, -0.05) is 24.3 Å².